The number of hydrogen-bond donors (Lipinski definition) is 2. The van der Waals surface area contributed by atoms with Crippen molar-refractivity contribution in [3.05, 3.63) is 87.2 Å². The number of hydrogen-bond acceptors (Lipinski definition) is 4. The van der Waals surface area contributed by atoms with E-state index in [4.69, 9.17) is 16.0 Å². The molecule has 0 bridgehead atoms. The zero-order valence-electron chi connectivity index (χ0n) is 16.7. The molecule has 2 aromatic carbocycles. The topological polar surface area (TPSA) is 81.8 Å². The molecule has 0 aliphatic rings. The fourth-order valence-corrected chi connectivity index (χ4v) is 4.61. The molecule has 0 atom stereocenters. The van der Waals surface area contributed by atoms with Gasteiger partial charge in [-0.25, -0.2) is 0 Å². The van der Waals surface area contributed by atoms with Gasteiger partial charge >= 0.3 is 0 Å². The van der Waals surface area contributed by atoms with Gasteiger partial charge < -0.3 is 14.7 Å². The summed E-state index contributed by atoms with van der Waals surface area (Å²) < 4.78 is 6.55. The van der Waals surface area contributed by atoms with Crippen LogP contribution in [0, 0.1) is 11.3 Å². The second-order valence-corrected chi connectivity index (χ2v) is 9.21. The molecule has 4 aromatic rings. The zero-order chi connectivity index (χ0) is 22.5. The molecule has 32 heavy (non-hydrogen) atoms. The number of aromatic amines is 1. The summed E-state index contributed by atoms with van der Waals surface area (Å²) in [5.74, 6) is -0.0246. The van der Waals surface area contributed by atoms with Crippen LogP contribution in [0.3, 0.4) is 0 Å². The molecule has 0 radical (unpaired) electrons. The van der Waals surface area contributed by atoms with Crippen molar-refractivity contribution in [2.24, 2.45) is 0 Å². The van der Waals surface area contributed by atoms with E-state index in [2.05, 4.69) is 26.2 Å². The molecule has 0 spiro atoms. The first-order chi connectivity index (χ1) is 15.5. The highest BCUT2D eigenvalue weighted by Crippen LogP contribution is 2.36. The summed E-state index contributed by atoms with van der Waals surface area (Å²) in [6, 6.07) is 19.1. The fraction of sp³-hybridized carbons (Fsp3) is 0.0833. The summed E-state index contributed by atoms with van der Waals surface area (Å²) >= 11 is 10.8. The fourth-order valence-electron chi connectivity index (χ4n) is 3.15. The molecule has 5 nitrogen and oxygen atoms in total. The van der Waals surface area contributed by atoms with E-state index in [0.29, 0.717) is 28.8 Å². The number of para-hydroxylation sites is 1. The van der Waals surface area contributed by atoms with E-state index in [9.17, 15) is 10.1 Å². The third kappa shape index (κ3) is 5.28. The number of amides is 1. The van der Waals surface area contributed by atoms with Crippen molar-refractivity contribution in [3.63, 3.8) is 0 Å². The number of halogens is 2. The number of rotatable bonds is 7. The van der Waals surface area contributed by atoms with Crippen LogP contribution in [0.15, 0.2) is 85.2 Å². The number of aromatic nitrogens is 1. The summed E-state index contributed by atoms with van der Waals surface area (Å²) in [4.78, 5) is 16.7. The molecule has 0 fully saturated rings. The lowest BCUT2D eigenvalue weighted by molar-refractivity contribution is -0.117. The minimum atomic E-state index is -0.438. The Balaban J connectivity index is 1.40. The number of fused-ring (bicyclic) bond motifs is 1. The van der Waals surface area contributed by atoms with Crippen LogP contribution < -0.4 is 5.32 Å². The Morgan fingerprint density at radius 1 is 1.25 bits per heavy atom. The van der Waals surface area contributed by atoms with Gasteiger partial charge in [0.1, 0.15) is 17.4 Å². The Labute approximate surface area is 202 Å². The lowest BCUT2D eigenvalue weighted by Gasteiger charge is -2.03. The third-order valence-corrected chi connectivity index (χ3v) is 6.81. The van der Waals surface area contributed by atoms with Gasteiger partial charge in [-0.05, 0) is 64.3 Å². The van der Waals surface area contributed by atoms with Gasteiger partial charge in [-0.2, -0.15) is 5.26 Å². The Morgan fingerprint density at radius 2 is 2.03 bits per heavy atom. The van der Waals surface area contributed by atoms with Crippen LogP contribution in [0.4, 0.5) is 0 Å². The Hall–Kier alpha value is -2.92. The molecule has 160 valence electrons. The normalized spacial score (nSPS) is 11.5. The Morgan fingerprint density at radius 3 is 2.81 bits per heavy atom. The van der Waals surface area contributed by atoms with Gasteiger partial charge in [0.2, 0.25) is 0 Å². The maximum atomic E-state index is 12.5. The van der Waals surface area contributed by atoms with Crippen molar-refractivity contribution < 1.29 is 9.21 Å². The summed E-state index contributed by atoms with van der Waals surface area (Å²) in [7, 11) is 0. The van der Waals surface area contributed by atoms with Gasteiger partial charge in [0.05, 0.1) is 4.47 Å². The maximum absolute atomic E-state index is 12.5. The SMILES string of the molecule is N#C/C(=C\c1cc(Br)c(Sc2ccc(Cl)cc2)o1)C(=O)NCCc1c[nH]c2ccccc12. The van der Waals surface area contributed by atoms with E-state index in [0.717, 1.165) is 25.8 Å². The Kier molecular flexibility index (Phi) is 7.05. The first-order valence-corrected chi connectivity index (χ1v) is 11.7. The number of nitrogens with one attached hydrogen (secondary N) is 2. The van der Waals surface area contributed by atoms with Crippen molar-refractivity contribution in [3.8, 4) is 6.07 Å². The molecule has 0 aliphatic carbocycles. The highest BCUT2D eigenvalue weighted by atomic mass is 79.9. The summed E-state index contributed by atoms with van der Waals surface area (Å²) in [6.07, 6.45) is 4.04. The van der Waals surface area contributed by atoms with Crippen molar-refractivity contribution in [2.45, 2.75) is 16.4 Å². The van der Waals surface area contributed by atoms with Gasteiger partial charge in [0, 0.05) is 39.6 Å². The maximum Gasteiger partial charge on any atom is 0.262 e. The molecule has 0 saturated carbocycles. The van der Waals surface area contributed by atoms with Crippen molar-refractivity contribution in [2.75, 3.05) is 6.54 Å². The van der Waals surface area contributed by atoms with Crippen molar-refractivity contribution in [1.82, 2.24) is 10.3 Å². The Bertz CT molecular complexity index is 1340. The van der Waals surface area contributed by atoms with Gasteiger partial charge in [-0.3, -0.25) is 4.79 Å². The lowest BCUT2D eigenvalue weighted by Crippen LogP contribution is -2.26. The summed E-state index contributed by atoms with van der Waals surface area (Å²) in [6.45, 7) is 0.416. The minimum Gasteiger partial charge on any atom is -0.449 e. The van der Waals surface area contributed by atoms with Crippen molar-refractivity contribution in [1.29, 1.82) is 5.26 Å². The van der Waals surface area contributed by atoms with Crippen LogP contribution in [-0.4, -0.2) is 17.4 Å². The first-order valence-electron chi connectivity index (χ1n) is 9.71. The average molecular weight is 527 g/mol. The minimum absolute atomic E-state index is 0.0202. The molecule has 0 aliphatic heterocycles. The van der Waals surface area contributed by atoms with Crippen LogP contribution in [0.5, 0.6) is 0 Å². The smallest absolute Gasteiger partial charge is 0.262 e. The molecular formula is C24H17BrClN3O2S. The molecule has 1 amide bonds. The number of nitriles is 1. The van der Waals surface area contributed by atoms with E-state index in [1.54, 1.807) is 18.2 Å². The summed E-state index contributed by atoms with van der Waals surface area (Å²) in [5, 5.41) is 14.7. The van der Waals surface area contributed by atoms with Crippen LogP contribution in [0.1, 0.15) is 11.3 Å². The van der Waals surface area contributed by atoms with Gasteiger partial charge in [-0.1, -0.05) is 41.6 Å². The number of furan rings is 1. The predicted octanol–water partition coefficient (Wildman–Crippen LogP) is 6.59. The molecule has 2 N–H and O–H groups in total. The lowest BCUT2D eigenvalue weighted by atomic mass is 10.1. The van der Waals surface area contributed by atoms with Gasteiger partial charge in [0.25, 0.3) is 5.91 Å². The largest absolute Gasteiger partial charge is 0.449 e. The average Bonchev–Trinajstić information content (AvgIpc) is 3.36. The van der Waals surface area contributed by atoms with E-state index in [-0.39, 0.29) is 5.57 Å². The molecule has 0 unspecified atom stereocenters. The van der Waals surface area contributed by atoms with Crippen LogP contribution in [0.2, 0.25) is 5.02 Å². The zero-order valence-corrected chi connectivity index (χ0v) is 19.9. The molecule has 4 rings (SSSR count). The third-order valence-electron chi connectivity index (χ3n) is 4.71. The van der Waals surface area contributed by atoms with Crippen molar-refractivity contribution >= 4 is 62.2 Å². The van der Waals surface area contributed by atoms with E-state index < -0.39 is 5.91 Å². The first kappa shape index (κ1) is 22.3. The molecule has 0 saturated heterocycles. The highest BCUT2D eigenvalue weighted by Gasteiger charge is 2.14. The second-order valence-electron chi connectivity index (χ2n) is 6.88. The monoisotopic (exact) mass is 525 g/mol. The van der Waals surface area contributed by atoms with Gasteiger partial charge in [0.15, 0.2) is 5.09 Å². The van der Waals surface area contributed by atoms with Crippen LogP contribution in [-0.2, 0) is 11.2 Å². The molecular weight excluding hydrogens is 510 g/mol. The molecule has 8 heteroatoms. The quantitative estimate of drug-likeness (QED) is 0.210. The van der Waals surface area contributed by atoms with E-state index in [1.807, 2.05) is 48.7 Å². The molecule has 2 heterocycles. The number of carbonyl (C=O) groups is 1. The molecule has 2 aromatic heterocycles. The number of carbonyl (C=O) groups excluding carboxylic acids is 1. The number of nitrogens with zero attached hydrogens (tertiary/aromatic N) is 1. The second kappa shape index (κ2) is 10.1. The van der Waals surface area contributed by atoms with Crippen LogP contribution in [0.25, 0.3) is 17.0 Å². The standard InChI is InChI=1S/C24H17BrClN3O2S/c25-21-12-18(31-24(21)32-19-7-5-17(26)6-8-19)11-16(13-27)23(30)28-10-9-15-14-29-22-4-2-1-3-20(15)22/h1-8,11-12,14,29H,9-10H2,(H,28,30)/b16-11+. The van der Waals surface area contributed by atoms with Gasteiger partial charge in [-0.15, -0.1) is 0 Å². The van der Waals surface area contributed by atoms with E-state index in [1.165, 1.54) is 17.8 Å². The predicted molar refractivity (Wildman–Crippen MR) is 131 cm³/mol. The number of benzene rings is 2. The van der Waals surface area contributed by atoms with E-state index >= 15 is 0 Å². The number of H-pyrrole nitrogens is 1. The summed E-state index contributed by atoms with van der Waals surface area (Å²) in [5.41, 5.74) is 2.15. The highest BCUT2D eigenvalue weighted by molar-refractivity contribution is 9.10. The van der Waals surface area contributed by atoms with Crippen LogP contribution >= 0.6 is 39.3 Å².